The van der Waals surface area contributed by atoms with Gasteiger partial charge in [0, 0.05) is 38.3 Å². The van der Waals surface area contributed by atoms with E-state index in [4.69, 9.17) is 0 Å². The summed E-state index contributed by atoms with van der Waals surface area (Å²) in [5.41, 5.74) is 15.0. The molecular weight excluding hydrogens is 629 g/mol. The van der Waals surface area contributed by atoms with Crippen LogP contribution in [0.2, 0.25) is 0 Å². The third kappa shape index (κ3) is 3.63. The standard InChI is InChI=1S/C50H30N2/c1-2-14-33(15-3-1)51-46-29-28-43-39-20-8-9-23-45(39)52(50(43)48(46)44-25-24-31-12-4-5-17-36(31)49(44)51)34-16-10-13-32(30-34)35-26-27-42-38-19-7-6-18-37(38)41-22-11-21-40(35)47(41)42/h1-30H. The van der Waals surface area contributed by atoms with Gasteiger partial charge in [0.2, 0.25) is 0 Å². The van der Waals surface area contributed by atoms with Crippen molar-refractivity contribution in [1.82, 2.24) is 9.13 Å². The first-order valence-corrected chi connectivity index (χ1v) is 18.0. The van der Waals surface area contributed by atoms with E-state index < -0.39 is 0 Å². The molecule has 0 saturated heterocycles. The third-order valence-electron chi connectivity index (χ3n) is 11.4. The molecule has 2 heteroatoms. The Hall–Kier alpha value is -6.90. The lowest BCUT2D eigenvalue weighted by atomic mass is 9.94. The van der Waals surface area contributed by atoms with Gasteiger partial charge in [-0.15, -0.1) is 0 Å². The van der Waals surface area contributed by atoms with Crippen LogP contribution in [0, 0.1) is 0 Å². The normalized spacial score (nSPS) is 12.2. The number of benzene rings is 9. The minimum absolute atomic E-state index is 1.16. The second-order valence-corrected chi connectivity index (χ2v) is 14.0. The Morgan fingerprint density at radius 2 is 0.923 bits per heavy atom. The average Bonchev–Trinajstić information content (AvgIpc) is 3.85. The van der Waals surface area contributed by atoms with Gasteiger partial charge in [0.15, 0.2) is 0 Å². The second kappa shape index (κ2) is 10.3. The van der Waals surface area contributed by atoms with Crippen molar-refractivity contribution in [3.63, 3.8) is 0 Å². The highest BCUT2D eigenvalue weighted by atomic mass is 15.0. The number of hydrogen-bond acceptors (Lipinski definition) is 0. The van der Waals surface area contributed by atoms with Crippen LogP contribution in [-0.2, 0) is 0 Å². The molecule has 0 radical (unpaired) electrons. The summed E-state index contributed by atoms with van der Waals surface area (Å²) in [6, 6.07) is 67.2. The minimum Gasteiger partial charge on any atom is -0.309 e. The highest BCUT2D eigenvalue weighted by Gasteiger charge is 2.24. The molecule has 240 valence electrons. The summed E-state index contributed by atoms with van der Waals surface area (Å²) >= 11 is 0. The van der Waals surface area contributed by atoms with Crippen LogP contribution >= 0.6 is 0 Å². The van der Waals surface area contributed by atoms with Crippen molar-refractivity contribution in [3.8, 4) is 44.8 Å². The predicted octanol–water partition coefficient (Wildman–Crippen LogP) is 13.5. The zero-order valence-corrected chi connectivity index (χ0v) is 28.2. The highest BCUT2D eigenvalue weighted by Crippen LogP contribution is 2.50. The fourth-order valence-electron chi connectivity index (χ4n) is 9.30. The number of nitrogens with zero attached hydrogens (tertiary/aromatic N) is 2. The van der Waals surface area contributed by atoms with Crippen molar-refractivity contribution in [1.29, 1.82) is 0 Å². The molecule has 0 N–H and O–H groups in total. The maximum atomic E-state index is 2.51. The van der Waals surface area contributed by atoms with Crippen LogP contribution in [0.15, 0.2) is 182 Å². The van der Waals surface area contributed by atoms with Gasteiger partial charge in [-0.1, -0.05) is 146 Å². The van der Waals surface area contributed by atoms with Crippen molar-refractivity contribution < 1.29 is 0 Å². The molecule has 0 aliphatic heterocycles. The number of rotatable bonds is 3. The van der Waals surface area contributed by atoms with Gasteiger partial charge < -0.3 is 9.13 Å². The Labute approximate surface area is 300 Å². The van der Waals surface area contributed by atoms with Crippen molar-refractivity contribution in [3.05, 3.63) is 182 Å². The Morgan fingerprint density at radius 1 is 0.288 bits per heavy atom. The van der Waals surface area contributed by atoms with Crippen molar-refractivity contribution in [2.75, 3.05) is 0 Å². The van der Waals surface area contributed by atoms with Gasteiger partial charge in [-0.2, -0.15) is 0 Å². The molecule has 2 heterocycles. The molecule has 0 saturated carbocycles. The quantitative estimate of drug-likeness (QED) is 0.179. The molecule has 0 atom stereocenters. The van der Waals surface area contributed by atoms with Crippen LogP contribution in [0.5, 0.6) is 0 Å². The molecular formula is C50H30N2. The zero-order valence-electron chi connectivity index (χ0n) is 28.2. The summed E-state index contributed by atoms with van der Waals surface area (Å²) < 4.78 is 4.98. The smallest absolute Gasteiger partial charge is 0.0641 e. The van der Waals surface area contributed by atoms with E-state index in [-0.39, 0.29) is 0 Å². The molecule has 9 aromatic carbocycles. The van der Waals surface area contributed by atoms with E-state index in [1.54, 1.807) is 0 Å². The van der Waals surface area contributed by atoms with Gasteiger partial charge in [-0.05, 0) is 85.9 Å². The van der Waals surface area contributed by atoms with Crippen LogP contribution in [-0.4, -0.2) is 9.13 Å². The first-order valence-electron chi connectivity index (χ1n) is 18.0. The average molecular weight is 659 g/mol. The topological polar surface area (TPSA) is 9.86 Å². The van der Waals surface area contributed by atoms with Crippen LogP contribution in [0.1, 0.15) is 0 Å². The minimum atomic E-state index is 1.16. The molecule has 11 aromatic rings. The Balaban J connectivity index is 1.18. The fourth-order valence-corrected chi connectivity index (χ4v) is 9.30. The molecule has 2 aromatic heterocycles. The summed E-state index contributed by atoms with van der Waals surface area (Å²) in [4.78, 5) is 0. The summed E-state index contributed by atoms with van der Waals surface area (Å²) in [5.74, 6) is 0. The van der Waals surface area contributed by atoms with E-state index in [0.717, 1.165) is 11.4 Å². The first kappa shape index (κ1) is 27.9. The van der Waals surface area contributed by atoms with Gasteiger partial charge in [0.05, 0.1) is 22.1 Å². The van der Waals surface area contributed by atoms with Crippen LogP contribution in [0.25, 0.3) is 110 Å². The molecule has 2 nitrogen and oxygen atoms in total. The molecule has 0 amide bonds. The van der Waals surface area contributed by atoms with Gasteiger partial charge in [0.1, 0.15) is 0 Å². The number of para-hydroxylation sites is 2. The maximum absolute atomic E-state index is 2.51. The largest absolute Gasteiger partial charge is 0.309 e. The highest BCUT2D eigenvalue weighted by molar-refractivity contribution is 6.29. The summed E-state index contributed by atoms with van der Waals surface area (Å²) in [6.45, 7) is 0. The number of hydrogen-bond donors (Lipinski definition) is 0. The number of fused-ring (bicyclic) bond motifs is 12. The number of aromatic nitrogens is 2. The van der Waals surface area contributed by atoms with Gasteiger partial charge in [-0.25, -0.2) is 0 Å². The summed E-state index contributed by atoms with van der Waals surface area (Å²) in [7, 11) is 0. The van der Waals surface area contributed by atoms with E-state index >= 15 is 0 Å². The maximum Gasteiger partial charge on any atom is 0.0641 e. The van der Waals surface area contributed by atoms with Gasteiger partial charge >= 0.3 is 0 Å². The molecule has 1 aliphatic carbocycles. The van der Waals surface area contributed by atoms with E-state index in [1.807, 2.05) is 0 Å². The molecule has 52 heavy (non-hydrogen) atoms. The Kier molecular flexibility index (Phi) is 5.53. The lowest BCUT2D eigenvalue weighted by Gasteiger charge is -2.13. The molecule has 0 fully saturated rings. The van der Waals surface area contributed by atoms with Crippen LogP contribution in [0.3, 0.4) is 0 Å². The van der Waals surface area contributed by atoms with Crippen LogP contribution in [0.4, 0.5) is 0 Å². The second-order valence-electron chi connectivity index (χ2n) is 14.0. The van der Waals surface area contributed by atoms with E-state index in [9.17, 15) is 0 Å². The zero-order chi connectivity index (χ0) is 33.9. The van der Waals surface area contributed by atoms with Gasteiger partial charge in [-0.3, -0.25) is 0 Å². The van der Waals surface area contributed by atoms with Crippen molar-refractivity contribution >= 4 is 65.2 Å². The van der Waals surface area contributed by atoms with Crippen molar-refractivity contribution in [2.24, 2.45) is 0 Å². The van der Waals surface area contributed by atoms with E-state index in [2.05, 4.69) is 191 Å². The lowest BCUT2D eigenvalue weighted by Crippen LogP contribution is -1.96. The SMILES string of the molecule is c1ccc(-n2c3ccc4c5ccccc5n(-c5cccc(-c6ccc7c8c(cccc68)-c6ccccc6-7)c5)c4c3c3ccc4ccccc4c32)cc1. The first-order chi connectivity index (χ1) is 25.8. The third-order valence-corrected chi connectivity index (χ3v) is 11.4. The Bertz CT molecular complexity index is 3260. The molecule has 1 aliphatic rings. The molecule has 0 bridgehead atoms. The monoisotopic (exact) mass is 658 g/mol. The molecule has 12 rings (SSSR count). The predicted molar refractivity (Wildman–Crippen MR) is 220 cm³/mol. The van der Waals surface area contributed by atoms with Gasteiger partial charge in [0.25, 0.3) is 0 Å². The molecule has 0 unspecified atom stereocenters. The Morgan fingerprint density at radius 3 is 1.81 bits per heavy atom. The molecule has 0 spiro atoms. The summed E-state index contributed by atoms with van der Waals surface area (Å²) in [5, 5.41) is 10.2. The van der Waals surface area contributed by atoms with E-state index in [0.29, 0.717) is 0 Å². The summed E-state index contributed by atoms with van der Waals surface area (Å²) in [6.07, 6.45) is 0. The fraction of sp³-hybridized carbons (Fsp3) is 0. The lowest BCUT2D eigenvalue weighted by molar-refractivity contribution is 1.18. The van der Waals surface area contributed by atoms with Crippen molar-refractivity contribution in [2.45, 2.75) is 0 Å². The van der Waals surface area contributed by atoms with Crippen LogP contribution < -0.4 is 0 Å². The van der Waals surface area contributed by atoms with E-state index in [1.165, 1.54) is 98.5 Å².